The van der Waals surface area contributed by atoms with Gasteiger partial charge < -0.3 is 5.53 Å². The number of halogens is 1. The second kappa shape index (κ2) is 5.50. The van der Waals surface area contributed by atoms with Crippen LogP contribution in [0.5, 0.6) is 0 Å². The first-order valence-corrected chi connectivity index (χ1v) is 11.1. The summed E-state index contributed by atoms with van der Waals surface area (Å²) in [5, 5.41) is 0. The summed E-state index contributed by atoms with van der Waals surface area (Å²) in [4.78, 5) is 16.3. The molecule has 138 valence electrons. The maximum absolute atomic E-state index is 13.1. The zero-order valence-corrected chi connectivity index (χ0v) is 17.0. The summed E-state index contributed by atoms with van der Waals surface area (Å²) < 4.78 is 27.7. The minimum Gasteiger partial charge on any atom is -0.361 e. The van der Waals surface area contributed by atoms with Crippen molar-refractivity contribution in [1.29, 1.82) is 0 Å². The van der Waals surface area contributed by atoms with Crippen molar-refractivity contribution in [1.82, 2.24) is 4.31 Å². The fourth-order valence-corrected chi connectivity index (χ4v) is 8.27. The average Bonchev–Trinajstić information content (AvgIpc) is 3.04. The van der Waals surface area contributed by atoms with Gasteiger partial charge in [-0.05, 0) is 54.9 Å². The predicted molar refractivity (Wildman–Crippen MR) is 99.8 cm³/mol. The molecule has 26 heavy (non-hydrogen) atoms. The maximum Gasteiger partial charge on any atom is 0.387 e. The van der Waals surface area contributed by atoms with Crippen molar-refractivity contribution in [3.63, 3.8) is 0 Å². The van der Waals surface area contributed by atoms with E-state index in [4.69, 9.17) is 0 Å². The van der Waals surface area contributed by atoms with E-state index >= 15 is 0 Å². The molecule has 0 unspecified atom stereocenters. The number of carbonyl (C=O) groups is 1. The van der Waals surface area contributed by atoms with Gasteiger partial charge in [0, 0.05) is 9.89 Å². The molecule has 1 aliphatic heterocycles. The smallest absolute Gasteiger partial charge is 0.361 e. The van der Waals surface area contributed by atoms with Crippen LogP contribution in [-0.4, -0.2) is 40.9 Å². The van der Waals surface area contributed by atoms with Gasteiger partial charge in [-0.1, -0.05) is 29.8 Å². The van der Waals surface area contributed by atoms with Crippen LogP contribution in [0.3, 0.4) is 0 Å². The van der Waals surface area contributed by atoms with Gasteiger partial charge in [-0.2, -0.15) is 4.79 Å². The Morgan fingerprint density at radius 1 is 1.31 bits per heavy atom. The van der Waals surface area contributed by atoms with Crippen LogP contribution in [0.4, 0.5) is 0 Å². The van der Waals surface area contributed by atoms with Crippen LogP contribution in [0.2, 0.25) is 0 Å². The first-order valence-electron chi connectivity index (χ1n) is 8.68. The second-order valence-electron chi connectivity index (χ2n) is 8.18. The third-order valence-electron chi connectivity index (χ3n) is 7.03. The van der Waals surface area contributed by atoms with Gasteiger partial charge in [0.05, 0.1) is 17.4 Å². The van der Waals surface area contributed by atoms with E-state index in [2.05, 4.69) is 34.6 Å². The van der Waals surface area contributed by atoms with Crippen molar-refractivity contribution >= 4 is 37.6 Å². The van der Waals surface area contributed by atoms with E-state index in [0.29, 0.717) is 17.9 Å². The van der Waals surface area contributed by atoms with E-state index in [1.165, 1.54) is 0 Å². The minimum atomic E-state index is -3.75. The molecule has 1 aromatic carbocycles. The first kappa shape index (κ1) is 17.9. The molecule has 8 heteroatoms. The maximum atomic E-state index is 13.1. The zero-order valence-electron chi connectivity index (χ0n) is 14.6. The standard InChI is InChI=1S/C18H20BrN3O3S/c1-17(2)12-7-8-18(17)10-26(24,25)22(14(18)9-12)16(23)15(21-20)11-3-5-13(19)6-4-11/h3-6,12,14H,7-10H2,1-2H3/t12-,14+,18-/m1/s1. The highest BCUT2D eigenvalue weighted by Crippen LogP contribution is 2.69. The number of rotatable bonds is 2. The molecule has 0 aromatic heterocycles. The lowest BCUT2D eigenvalue weighted by Crippen LogP contribution is -2.47. The van der Waals surface area contributed by atoms with Crippen molar-refractivity contribution in [2.24, 2.45) is 16.7 Å². The molecule has 0 N–H and O–H groups in total. The molecule has 4 rings (SSSR count). The third kappa shape index (κ3) is 2.15. The number of fused-ring (bicyclic) bond motifs is 1. The first-order chi connectivity index (χ1) is 12.1. The number of benzene rings is 1. The predicted octanol–water partition coefficient (Wildman–Crippen LogP) is 2.83. The number of hydrogen-bond acceptors (Lipinski definition) is 3. The summed E-state index contributed by atoms with van der Waals surface area (Å²) in [5.41, 5.74) is 9.09. The molecular weight excluding hydrogens is 418 g/mol. The van der Waals surface area contributed by atoms with Gasteiger partial charge in [0.2, 0.25) is 10.0 Å². The second-order valence-corrected chi connectivity index (χ2v) is 10.9. The fourth-order valence-electron chi connectivity index (χ4n) is 5.49. The normalized spacial score (nSPS) is 33.0. The van der Waals surface area contributed by atoms with Crippen LogP contribution in [-0.2, 0) is 14.8 Å². The Hall–Kier alpha value is -1.50. The third-order valence-corrected chi connectivity index (χ3v) is 9.46. The highest BCUT2D eigenvalue weighted by Gasteiger charge is 2.72. The summed E-state index contributed by atoms with van der Waals surface area (Å²) in [5.74, 6) is -0.320. The van der Waals surface area contributed by atoms with Crippen LogP contribution in [0, 0.1) is 16.7 Å². The molecule has 2 saturated carbocycles. The summed E-state index contributed by atoms with van der Waals surface area (Å²) in [7, 11) is -3.75. The number of amides is 1. The van der Waals surface area contributed by atoms with Gasteiger partial charge in [-0.3, -0.25) is 4.79 Å². The van der Waals surface area contributed by atoms with Gasteiger partial charge in [0.15, 0.2) is 0 Å². The van der Waals surface area contributed by atoms with Crippen molar-refractivity contribution < 1.29 is 18.0 Å². The van der Waals surface area contributed by atoms with E-state index in [-0.39, 0.29) is 22.9 Å². The molecular formula is C18H20BrN3O3S. The lowest BCUT2D eigenvalue weighted by Gasteiger charge is -2.36. The largest absolute Gasteiger partial charge is 0.387 e. The lowest BCUT2D eigenvalue weighted by molar-refractivity contribution is -0.126. The molecule has 2 aliphatic carbocycles. The van der Waals surface area contributed by atoms with Crippen molar-refractivity contribution in [3.8, 4) is 0 Å². The SMILES string of the molecule is CC1(C)[C@@H]2CC[C@]13CS(=O)(=O)N(C(=O)C(=[N+]=[N-])c1ccc(Br)cc1)[C@H]3C2. The van der Waals surface area contributed by atoms with Gasteiger partial charge in [0.1, 0.15) is 0 Å². The Morgan fingerprint density at radius 3 is 2.54 bits per heavy atom. The van der Waals surface area contributed by atoms with Gasteiger partial charge in [-0.25, -0.2) is 12.7 Å². The average molecular weight is 438 g/mol. The van der Waals surface area contributed by atoms with Crippen molar-refractivity contribution in [2.45, 2.75) is 39.2 Å². The van der Waals surface area contributed by atoms with Crippen LogP contribution >= 0.6 is 15.9 Å². The number of carbonyl (C=O) groups excluding carboxylic acids is 1. The highest BCUT2D eigenvalue weighted by molar-refractivity contribution is 9.10. The Kier molecular flexibility index (Phi) is 3.79. The molecule has 3 atom stereocenters. The summed E-state index contributed by atoms with van der Waals surface area (Å²) >= 11 is 3.31. The summed E-state index contributed by atoms with van der Waals surface area (Å²) in [6, 6.07) is 6.34. The topological polar surface area (TPSA) is 90.9 Å². The quantitative estimate of drug-likeness (QED) is 0.404. The molecule has 6 nitrogen and oxygen atoms in total. The van der Waals surface area contributed by atoms with E-state index < -0.39 is 21.3 Å². The Morgan fingerprint density at radius 2 is 1.96 bits per heavy atom. The van der Waals surface area contributed by atoms with Gasteiger partial charge in [0.25, 0.3) is 0 Å². The fraction of sp³-hybridized carbons (Fsp3) is 0.556. The van der Waals surface area contributed by atoms with Crippen molar-refractivity contribution in [2.75, 3.05) is 5.75 Å². The van der Waals surface area contributed by atoms with Crippen LogP contribution in [0.25, 0.3) is 5.53 Å². The number of sulfonamides is 1. The van der Waals surface area contributed by atoms with Crippen molar-refractivity contribution in [3.05, 3.63) is 39.8 Å². The summed E-state index contributed by atoms with van der Waals surface area (Å²) in [6.45, 7) is 4.26. The Bertz CT molecular complexity index is 950. The van der Waals surface area contributed by atoms with Crippen LogP contribution < -0.4 is 0 Å². The van der Waals surface area contributed by atoms with Gasteiger partial charge >= 0.3 is 11.6 Å². The number of nitrogens with zero attached hydrogens (tertiary/aromatic N) is 3. The van der Waals surface area contributed by atoms with Crippen LogP contribution in [0.1, 0.15) is 38.7 Å². The molecule has 3 fully saturated rings. The lowest BCUT2D eigenvalue weighted by atomic mass is 9.69. The molecule has 1 amide bonds. The Labute approximate surface area is 161 Å². The monoisotopic (exact) mass is 437 g/mol. The minimum absolute atomic E-state index is 0.00104. The zero-order chi connectivity index (χ0) is 18.9. The molecule has 1 saturated heterocycles. The highest BCUT2D eigenvalue weighted by atomic mass is 79.9. The number of hydrogen-bond donors (Lipinski definition) is 0. The molecule has 3 aliphatic rings. The molecule has 2 bridgehead atoms. The van der Waals surface area contributed by atoms with E-state index in [9.17, 15) is 18.7 Å². The molecule has 1 heterocycles. The summed E-state index contributed by atoms with van der Waals surface area (Å²) in [6.07, 6.45) is 2.52. The molecule has 0 radical (unpaired) electrons. The van der Waals surface area contributed by atoms with E-state index in [0.717, 1.165) is 21.6 Å². The molecule has 1 aromatic rings. The molecule has 1 spiro atoms. The van der Waals surface area contributed by atoms with Gasteiger partial charge in [-0.15, -0.1) is 0 Å². The van der Waals surface area contributed by atoms with Crippen LogP contribution in [0.15, 0.2) is 28.7 Å². The van der Waals surface area contributed by atoms with E-state index in [1.54, 1.807) is 24.3 Å². The van der Waals surface area contributed by atoms with E-state index in [1.807, 2.05) is 0 Å². The Balaban J connectivity index is 1.77.